The van der Waals surface area contributed by atoms with Crippen LogP contribution in [0.25, 0.3) is 0 Å². The first-order chi connectivity index (χ1) is 9.29. The zero-order chi connectivity index (χ0) is 15.2. The van der Waals surface area contributed by atoms with Crippen molar-refractivity contribution in [3.8, 4) is 0 Å². The number of amides is 2. The molecule has 1 heterocycles. The van der Waals surface area contributed by atoms with Gasteiger partial charge in [-0.2, -0.15) is 0 Å². The summed E-state index contributed by atoms with van der Waals surface area (Å²) in [5.41, 5.74) is 5.39. The monoisotopic (exact) mass is 285 g/mol. The highest BCUT2D eigenvalue weighted by Crippen LogP contribution is 2.10. The van der Waals surface area contributed by atoms with E-state index < -0.39 is 17.7 Å². The van der Waals surface area contributed by atoms with E-state index in [-0.39, 0.29) is 5.91 Å². The van der Waals surface area contributed by atoms with Crippen molar-refractivity contribution in [1.29, 1.82) is 0 Å². The summed E-state index contributed by atoms with van der Waals surface area (Å²) in [6.07, 6.45) is 2.94. The number of alkyl carbamates (subject to hydrolysis) is 1. The number of carbonyl (C=O) groups is 2. The maximum Gasteiger partial charge on any atom is 0.407 e. The number of nitrogens with two attached hydrogens (primary N) is 1. The molecule has 3 N–H and O–H groups in total. The molecule has 1 aliphatic rings. The number of carbonyl (C=O) groups excluding carboxylic acids is 2. The fourth-order valence-electron chi connectivity index (χ4n) is 2.12. The van der Waals surface area contributed by atoms with E-state index in [0.29, 0.717) is 19.4 Å². The number of nitrogens with zero attached hydrogens (tertiary/aromatic N) is 1. The van der Waals surface area contributed by atoms with Gasteiger partial charge in [0.15, 0.2) is 0 Å². The van der Waals surface area contributed by atoms with E-state index in [1.54, 1.807) is 0 Å². The molecule has 0 spiro atoms. The molecule has 0 bridgehead atoms. The molecular weight excluding hydrogens is 258 g/mol. The fourth-order valence-corrected chi connectivity index (χ4v) is 2.12. The second-order valence-electron chi connectivity index (χ2n) is 6.21. The predicted molar refractivity (Wildman–Crippen MR) is 77.3 cm³/mol. The molecule has 0 aromatic carbocycles. The quantitative estimate of drug-likeness (QED) is 0.744. The van der Waals surface area contributed by atoms with E-state index in [1.807, 2.05) is 25.7 Å². The molecule has 1 fully saturated rings. The Bertz CT molecular complexity index is 333. The van der Waals surface area contributed by atoms with Crippen LogP contribution in [0, 0.1) is 0 Å². The molecule has 1 rings (SSSR count). The Kier molecular flexibility index (Phi) is 6.26. The third-order valence-corrected chi connectivity index (χ3v) is 3.10. The van der Waals surface area contributed by atoms with Crippen LogP contribution in [0.3, 0.4) is 0 Å². The lowest BCUT2D eigenvalue weighted by atomic mass is 10.1. The molecule has 0 unspecified atom stereocenters. The van der Waals surface area contributed by atoms with Gasteiger partial charge in [0.1, 0.15) is 5.60 Å². The molecule has 1 saturated heterocycles. The molecule has 6 heteroatoms. The molecular formula is C14H27N3O3. The summed E-state index contributed by atoms with van der Waals surface area (Å²) in [5.74, 6) is 0.0276. The standard InChI is InChI=1S/C14H27N3O3/c1-14(2,3)20-13(19)16-8-6-7-11(15)12(18)17-9-4-5-10-17/h11H,4-10,15H2,1-3H3,(H,16,19)/t11-/m1/s1. The van der Waals surface area contributed by atoms with Crippen LogP contribution in [0.5, 0.6) is 0 Å². The third kappa shape index (κ3) is 6.23. The number of rotatable bonds is 5. The van der Waals surface area contributed by atoms with Gasteiger partial charge in [-0.1, -0.05) is 0 Å². The predicted octanol–water partition coefficient (Wildman–Crippen LogP) is 1.24. The van der Waals surface area contributed by atoms with Crippen LogP contribution in [-0.2, 0) is 9.53 Å². The molecule has 1 atom stereocenters. The summed E-state index contributed by atoms with van der Waals surface area (Å²) < 4.78 is 5.12. The molecule has 0 aliphatic carbocycles. The zero-order valence-electron chi connectivity index (χ0n) is 12.8. The average Bonchev–Trinajstić information content (AvgIpc) is 2.84. The lowest BCUT2D eigenvalue weighted by Gasteiger charge is -2.21. The smallest absolute Gasteiger partial charge is 0.407 e. The van der Waals surface area contributed by atoms with Crippen molar-refractivity contribution >= 4 is 12.0 Å². The minimum Gasteiger partial charge on any atom is -0.444 e. The Morgan fingerprint density at radius 2 is 1.90 bits per heavy atom. The Balaban J connectivity index is 2.14. The van der Waals surface area contributed by atoms with Gasteiger partial charge in [-0.15, -0.1) is 0 Å². The maximum atomic E-state index is 11.9. The topological polar surface area (TPSA) is 84.7 Å². The van der Waals surface area contributed by atoms with Crippen LogP contribution in [-0.4, -0.2) is 48.2 Å². The van der Waals surface area contributed by atoms with E-state index in [9.17, 15) is 9.59 Å². The third-order valence-electron chi connectivity index (χ3n) is 3.10. The SMILES string of the molecule is CC(C)(C)OC(=O)NCCC[C@@H](N)C(=O)N1CCCC1. The number of hydrogen-bond acceptors (Lipinski definition) is 4. The first-order valence-electron chi connectivity index (χ1n) is 7.31. The number of ether oxygens (including phenoxy) is 1. The van der Waals surface area contributed by atoms with Crippen LogP contribution < -0.4 is 11.1 Å². The lowest BCUT2D eigenvalue weighted by Crippen LogP contribution is -2.42. The van der Waals surface area contributed by atoms with Crippen molar-refractivity contribution in [3.05, 3.63) is 0 Å². The second-order valence-corrected chi connectivity index (χ2v) is 6.21. The Morgan fingerprint density at radius 1 is 1.30 bits per heavy atom. The highest BCUT2D eigenvalue weighted by Gasteiger charge is 2.23. The molecule has 2 amide bonds. The van der Waals surface area contributed by atoms with Crippen LogP contribution in [0.1, 0.15) is 46.5 Å². The van der Waals surface area contributed by atoms with Gasteiger partial charge in [0.25, 0.3) is 0 Å². The van der Waals surface area contributed by atoms with Crippen molar-refractivity contribution < 1.29 is 14.3 Å². The Hall–Kier alpha value is -1.30. The molecule has 0 radical (unpaired) electrons. The minimum atomic E-state index is -0.494. The van der Waals surface area contributed by atoms with Gasteiger partial charge in [-0.25, -0.2) is 4.79 Å². The van der Waals surface area contributed by atoms with Crippen molar-refractivity contribution in [2.45, 2.75) is 58.1 Å². The van der Waals surface area contributed by atoms with E-state index in [2.05, 4.69) is 5.32 Å². The van der Waals surface area contributed by atoms with Gasteiger partial charge in [0, 0.05) is 19.6 Å². The summed E-state index contributed by atoms with van der Waals surface area (Å²) in [5, 5.41) is 2.66. The molecule has 0 aromatic rings. The molecule has 20 heavy (non-hydrogen) atoms. The summed E-state index contributed by atoms with van der Waals surface area (Å²) in [6.45, 7) is 7.56. The van der Waals surface area contributed by atoms with E-state index >= 15 is 0 Å². The minimum absolute atomic E-state index is 0.0276. The van der Waals surface area contributed by atoms with Gasteiger partial charge >= 0.3 is 6.09 Å². The van der Waals surface area contributed by atoms with Gasteiger partial charge in [0.05, 0.1) is 6.04 Å². The summed E-state index contributed by atoms with van der Waals surface area (Å²) >= 11 is 0. The van der Waals surface area contributed by atoms with Crippen LogP contribution in [0.2, 0.25) is 0 Å². The van der Waals surface area contributed by atoms with E-state index in [4.69, 9.17) is 10.5 Å². The molecule has 116 valence electrons. The van der Waals surface area contributed by atoms with E-state index in [1.165, 1.54) is 0 Å². The highest BCUT2D eigenvalue weighted by molar-refractivity contribution is 5.81. The Morgan fingerprint density at radius 3 is 2.45 bits per heavy atom. The number of nitrogens with one attached hydrogen (secondary N) is 1. The maximum absolute atomic E-state index is 11.9. The second kappa shape index (κ2) is 7.47. The van der Waals surface area contributed by atoms with E-state index in [0.717, 1.165) is 25.9 Å². The summed E-state index contributed by atoms with van der Waals surface area (Å²) in [7, 11) is 0. The fraction of sp³-hybridized carbons (Fsp3) is 0.857. The van der Waals surface area contributed by atoms with Crippen molar-refractivity contribution in [2.75, 3.05) is 19.6 Å². The van der Waals surface area contributed by atoms with Crippen LogP contribution in [0.15, 0.2) is 0 Å². The average molecular weight is 285 g/mol. The number of hydrogen-bond donors (Lipinski definition) is 2. The van der Waals surface area contributed by atoms with Crippen LogP contribution in [0.4, 0.5) is 4.79 Å². The van der Waals surface area contributed by atoms with Crippen molar-refractivity contribution in [2.24, 2.45) is 5.73 Å². The molecule has 6 nitrogen and oxygen atoms in total. The zero-order valence-corrected chi connectivity index (χ0v) is 12.8. The lowest BCUT2D eigenvalue weighted by molar-refractivity contribution is -0.131. The highest BCUT2D eigenvalue weighted by atomic mass is 16.6. The van der Waals surface area contributed by atoms with Gasteiger partial charge < -0.3 is 20.7 Å². The summed E-state index contributed by atoms with van der Waals surface area (Å²) in [4.78, 5) is 25.2. The van der Waals surface area contributed by atoms with Crippen molar-refractivity contribution in [1.82, 2.24) is 10.2 Å². The largest absolute Gasteiger partial charge is 0.444 e. The van der Waals surface area contributed by atoms with Gasteiger partial charge in [-0.3, -0.25) is 4.79 Å². The normalized spacial score (nSPS) is 16.9. The molecule has 1 aliphatic heterocycles. The summed E-state index contributed by atoms with van der Waals surface area (Å²) in [6, 6.07) is -0.464. The van der Waals surface area contributed by atoms with Gasteiger partial charge in [0.2, 0.25) is 5.91 Å². The first kappa shape index (κ1) is 16.8. The van der Waals surface area contributed by atoms with Crippen molar-refractivity contribution in [3.63, 3.8) is 0 Å². The Labute approximate surface area is 121 Å². The first-order valence-corrected chi connectivity index (χ1v) is 7.31. The molecule has 0 aromatic heterocycles. The number of likely N-dealkylation sites (tertiary alicyclic amines) is 1. The molecule has 0 saturated carbocycles. The van der Waals surface area contributed by atoms with Gasteiger partial charge in [-0.05, 0) is 46.5 Å². The van der Waals surface area contributed by atoms with Crippen LogP contribution >= 0.6 is 0 Å².